The Labute approximate surface area is 126 Å². The molecule has 1 aromatic rings. The van der Waals surface area contributed by atoms with Gasteiger partial charge in [0.05, 0.1) is 5.02 Å². The Balaban J connectivity index is 2.25. The standard InChI is InChI=1S/C14H17BrClNO2/c1-14(13(18)19,9-4-2-3-5-9)17-10-6-7-12(16)11(15)8-10/h6-9,17H,2-5H2,1H3,(H,18,19). The molecule has 0 heterocycles. The molecule has 0 amide bonds. The number of nitrogens with one attached hydrogen (secondary N) is 1. The normalized spacial score (nSPS) is 19.1. The first-order valence-corrected chi connectivity index (χ1v) is 7.57. The van der Waals surface area contributed by atoms with Crippen LogP contribution in [-0.4, -0.2) is 16.6 Å². The molecule has 3 nitrogen and oxygen atoms in total. The second kappa shape index (κ2) is 5.71. The van der Waals surface area contributed by atoms with E-state index in [4.69, 9.17) is 11.6 Å². The lowest BCUT2D eigenvalue weighted by molar-refractivity contribution is -0.143. The second-order valence-electron chi connectivity index (χ2n) is 5.24. The highest BCUT2D eigenvalue weighted by Gasteiger charge is 2.42. The summed E-state index contributed by atoms with van der Waals surface area (Å²) >= 11 is 9.31. The lowest BCUT2D eigenvalue weighted by atomic mass is 9.84. The van der Waals surface area contributed by atoms with E-state index in [0.717, 1.165) is 35.8 Å². The molecule has 1 aliphatic rings. The molecule has 19 heavy (non-hydrogen) atoms. The lowest BCUT2D eigenvalue weighted by Crippen LogP contribution is -2.49. The molecule has 0 radical (unpaired) electrons. The molecule has 1 unspecified atom stereocenters. The van der Waals surface area contributed by atoms with E-state index in [2.05, 4.69) is 21.2 Å². The highest BCUT2D eigenvalue weighted by molar-refractivity contribution is 9.10. The Kier molecular flexibility index (Phi) is 4.41. The van der Waals surface area contributed by atoms with Crippen LogP contribution in [0.4, 0.5) is 5.69 Å². The number of carbonyl (C=O) groups is 1. The Bertz CT molecular complexity index is 488. The summed E-state index contributed by atoms with van der Waals surface area (Å²) in [5.74, 6) is -0.634. The zero-order chi connectivity index (χ0) is 14.0. The summed E-state index contributed by atoms with van der Waals surface area (Å²) in [4.78, 5) is 11.7. The zero-order valence-corrected chi connectivity index (χ0v) is 13.1. The fraction of sp³-hybridized carbons (Fsp3) is 0.500. The third-order valence-electron chi connectivity index (χ3n) is 3.94. The van der Waals surface area contributed by atoms with E-state index in [1.807, 2.05) is 12.1 Å². The van der Waals surface area contributed by atoms with Gasteiger partial charge >= 0.3 is 5.97 Å². The first kappa shape index (κ1) is 14.7. The van der Waals surface area contributed by atoms with Crippen molar-refractivity contribution in [2.45, 2.75) is 38.1 Å². The molecule has 2 rings (SSSR count). The first-order valence-electron chi connectivity index (χ1n) is 6.40. The van der Waals surface area contributed by atoms with Gasteiger partial charge in [-0.05, 0) is 59.8 Å². The van der Waals surface area contributed by atoms with Crippen LogP contribution in [0.1, 0.15) is 32.6 Å². The van der Waals surface area contributed by atoms with Gasteiger partial charge in [0.2, 0.25) is 0 Å². The number of aliphatic carboxylic acids is 1. The molecule has 1 fully saturated rings. The van der Waals surface area contributed by atoms with Crippen LogP contribution in [-0.2, 0) is 4.79 Å². The average molecular weight is 347 g/mol. The van der Waals surface area contributed by atoms with Gasteiger partial charge in [0.25, 0.3) is 0 Å². The fourth-order valence-electron chi connectivity index (χ4n) is 2.71. The predicted octanol–water partition coefficient (Wildman–Crippen LogP) is 4.55. The van der Waals surface area contributed by atoms with Crippen molar-refractivity contribution in [1.29, 1.82) is 0 Å². The van der Waals surface area contributed by atoms with E-state index in [-0.39, 0.29) is 5.92 Å². The summed E-state index contributed by atoms with van der Waals surface area (Å²) in [5, 5.41) is 13.4. The molecule has 104 valence electrons. The van der Waals surface area contributed by atoms with Crippen LogP contribution in [0.5, 0.6) is 0 Å². The van der Waals surface area contributed by atoms with Gasteiger partial charge in [0.15, 0.2) is 0 Å². The monoisotopic (exact) mass is 345 g/mol. The second-order valence-corrected chi connectivity index (χ2v) is 6.50. The third kappa shape index (κ3) is 3.06. The quantitative estimate of drug-likeness (QED) is 0.841. The van der Waals surface area contributed by atoms with Crippen LogP contribution >= 0.6 is 27.5 Å². The van der Waals surface area contributed by atoms with Crippen LogP contribution < -0.4 is 5.32 Å². The first-order chi connectivity index (χ1) is 8.93. The largest absolute Gasteiger partial charge is 0.480 e. The number of carboxylic acids is 1. The summed E-state index contributed by atoms with van der Waals surface area (Å²) in [6, 6.07) is 5.38. The van der Waals surface area contributed by atoms with Crippen molar-refractivity contribution in [2.75, 3.05) is 5.32 Å². The fourth-order valence-corrected chi connectivity index (χ4v) is 3.20. The van der Waals surface area contributed by atoms with Crippen molar-refractivity contribution in [2.24, 2.45) is 5.92 Å². The molecule has 0 saturated heterocycles. The Morgan fingerprint density at radius 3 is 2.63 bits per heavy atom. The molecule has 0 aromatic heterocycles. The maximum Gasteiger partial charge on any atom is 0.329 e. The van der Waals surface area contributed by atoms with Gasteiger partial charge in [-0.15, -0.1) is 0 Å². The summed E-state index contributed by atoms with van der Waals surface area (Å²) < 4.78 is 0.762. The number of hydrogen-bond acceptors (Lipinski definition) is 2. The van der Waals surface area contributed by atoms with Gasteiger partial charge in [-0.1, -0.05) is 24.4 Å². The van der Waals surface area contributed by atoms with Crippen molar-refractivity contribution in [1.82, 2.24) is 0 Å². The predicted molar refractivity (Wildman–Crippen MR) is 80.8 cm³/mol. The smallest absolute Gasteiger partial charge is 0.329 e. The molecular weight excluding hydrogens is 330 g/mol. The van der Waals surface area contributed by atoms with E-state index in [9.17, 15) is 9.90 Å². The highest BCUT2D eigenvalue weighted by Crippen LogP contribution is 2.37. The van der Waals surface area contributed by atoms with Crippen LogP contribution in [0.25, 0.3) is 0 Å². The number of anilines is 1. The van der Waals surface area contributed by atoms with E-state index in [1.54, 1.807) is 13.0 Å². The van der Waals surface area contributed by atoms with Crippen molar-refractivity contribution < 1.29 is 9.90 Å². The lowest BCUT2D eigenvalue weighted by Gasteiger charge is -2.33. The number of carboxylic acid groups (broad SMARTS) is 1. The number of rotatable bonds is 4. The van der Waals surface area contributed by atoms with Gasteiger partial charge in [-0.3, -0.25) is 0 Å². The molecular formula is C14H17BrClNO2. The van der Waals surface area contributed by atoms with Crippen molar-refractivity contribution in [3.8, 4) is 0 Å². The summed E-state index contributed by atoms with van der Waals surface area (Å²) in [5.41, 5.74) is -0.155. The molecule has 1 aromatic carbocycles. The summed E-state index contributed by atoms with van der Waals surface area (Å²) in [6.07, 6.45) is 4.15. The molecule has 5 heteroatoms. The van der Waals surface area contributed by atoms with Crippen molar-refractivity contribution >= 4 is 39.2 Å². The Morgan fingerprint density at radius 2 is 2.11 bits per heavy atom. The van der Waals surface area contributed by atoms with Crippen molar-refractivity contribution in [3.63, 3.8) is 0 Å². The van der Waals surface area contributed by atoms with Gasteiger partial charge in [-0.25, -0.2) is 4.79 Å². The molecule has 1 atom stereocenters. The van der Waals surface area contributed by atoms with E-state index < -0.39 is 11.5 Å². The highest BCUT2D eigenvalue weighted by atomic mass is 79.9. The third-order valence-corrected chi connectivity index (χ3v) is 5.15. The van der Waals surface area contributed by atoms with Gasteiger partial charge in [0, 0.05) is 10.2 Å². The van der Waals surface area contributed by atoms with Gasteiger partial charge < -0.3 is 10.4 Å². The molecule has 1 saturated carbocycles. The average Bonchev–Trinajstić information content (AvgIpc) is 2.87. The van der Waals surface area contributed by atoms with E-state index >= 15 is 0 Å². The summed E-state index contributed by atoms with van der Waals surface area (Å²) in [7, 11) is 0. The maximum atomic E-state index is 11.7. The Hall–Kier alpha value is -0.740. The molecule has 2 N–H and O–H groups in total. The van der Waals surface area contributed by atoms with Gasteiger partial charge in [0.1, 0.15) is 5.54 Å². The maximum absolute atomic E-state index is 11.7. The minimum absolute atomic E-state index is 0.166. The van der Waals surface area contributed by atoms with Crippen LogP contribution in [0.15, 0.2) is 22.7 Å². The number of hydrogen-bond donors (Lipinski definition) is 2. The van der Waals surface area contributed by atoms with Crippen LogP contribution in [0.2, 0.25) is 5.02 Å². The summed E-state index contributed by atoms with van der Waals surface area (Å²) in [6.45, 7) is 1.77. The number of benzene rings is 1. The zero-order valence-electron chi connectivity index (χ0n) is 10.7. The molecule has 0 aliphatic heterocycles. The minimum atomic E-state index is -0.927. The van der Waals surface area contributed by atoms with Crippen LogP contribution in [0, 0.1) is 5.92 Å². The molecule has 0 spiro atoms. The molecule has 1 aliphatic carbocycles. The Morgan fingerprint density at radius 1 is 1.47 bits per heavy atom. The van der Waals surface area contributed by atoms with Crippen LogP contribution in [0.3, 0.4) is 0 Å². The van der Waals surface area contributed by atoms with Crippen molar-refractivity contribution in [3.05, 3.63) is 27.7 Å². The number of halogens is 2. The topological polar surface area (TPSA) is 49.3 Å². The van der Waals surface area contributed by atoms with E-state index in [1.165, 1.54) is 0 Å². The van der Waals surface area contributed by atoms with Gasteiger partial charge in [-0.2, -0.15) is 0 Å². The van der Waals surface area contributed by atoms with E-state index in [0.29, 0.717) is 5.02 Å². The molecule has 0 bridgehead atoms. The SMILES string of the molecule is CC(Nc1ccc(Cl)c(Br)c1)(C(=O)O)C1CCCC1. The minimum Gasteiger partial charge on any atom is -0.480 e.